The van der Waals surface area contributed by atoms with Gasteiger partial charge in [0.05, 0.1) is 12.7 Å². The van der Waals surface area contributed by atoms with Gasteiger partial charge in [-0.05, 0) is 50.1 Å². The number of esters is 1. The fourth-order valence-corrected chi connectivity index (χ4v) is 2.21. The van der Waals surface area contributed by atoms with Gasteiger partial charge in [-0.25, -0.2) is 0 Å². The summed E-state index contributed by atoms with van der Waals surface area (Å²) in [6, 6.07) is 8.49. The molecule has 0 bridgehead atoms. The largest absolute Gasteiger partial charge is 0.459 e. The molecule has 1 atom stereocenters. The number of nitrogens with one attached hydrogen (secondary N) is 1. The van der Waals surface area contributed by atoms with E-state index in [1.165, 1.54) is 19.3 Å². The van der Waals surface area contributed by atoms with Crippen LogP contribution < -0.4 is 5.32 Å². The van der Waals surface area contributed by atoms with E-state index in [0.29, 0.717) is 5.56 Å². The number of furan rings is 1. The summed E-state index contributed by atoms with van der Waals surface area (Å²) >= 11 is 0. The summed E-state index contributed by atoms with van der Waals surface area (Å²) in [6.07, 6.45) is 0.482. The molecule has 6 heteroatoms. The molecule has 1 unspecified atom stereocenters. The second-order valence-electron chi connectivity index (χ2n) is 5.78. The second kappa shape index (κ2) is 8.28. The van der Waals surface area contributed by atoms with E-state index in [-0.39, 0.29) is 24.5 Å². The number of ether oxygens (including phenoxy) is 1. The molecule has 1 amide bonds. The Bertz CT molecular complexity index is 764. The first-order valence-corrected chi connectivity index (χ1v) is 8.01. The number of carbonyl (C=O) groups is 3. The topological polar surface area (TPSA) is 85.6 Å². The molecule has 2 rings (SSSR count). The van der Waals surface area contributed by atoms with Gasteiger partial charge in [-0.1, -0.05) is 12.1 Å². The molecule has 6 nitrogen and oxygen atoms in total. The third-order valence-electron chi connectivity index (χ3n) is 3.83. The van der Waals surface area contributed by atoms with E-state index in [1.54, 1.807) is 18.2 Å². The Morgan fingerprint density at radius 2 is 1.92 bits per heavy atom. The monoisotopic (exact) mass is 343 g/mol. The Morgan fingerprint density at radius 1 is 1.16 bits per heavy atom. The molecule has 0 aliphatic heterocycles. The molecule has 132 valence electrons. The van der Waals surface area contributed by atoms with Crippen LogP contribution in [0.25, 0.3) is 0 Å². The second-order valence-corrected chi connectivity index (χ2v) is 5.78. The molecule has 0 radical (unpaired) electrons. The minimum absolute atomic E-state index is 0.0308. The number of benzene rings is 1. The number of rotatable bonds is 7. The van der Waals surface area contributed by atoms with Crippen LogP contribution in [0.1, 0.15) is 45.4 Å². The van der Waals surface area contributed by atoms with Gasteiger partial charge in [0.2, 0.25) is 5.78 Å². The van der Waals surface area contributed by atoms with Gasteiger partial charge >= 0.3 is 5.97 Å². The van der Waals surface area contributed by atoms with E-state index < -0.39 is 18.0 Å². The Hall–Kier alpha value is -2.89. The first kappa shape index (κ1) is 18.4. The molecule has 0 saturated carbocycles. The summed E-state index contributed by atoms with van der Waals surface area (Å²) in [5, 5.41) is 2.55. The van der Waals surface area contributed by atoms with Crippen LogP contribution >= 0.6 is 0 Å². The van der Waals surface area contributed by atoms with Gasteiger partial charge < -0.3 is 14.5 Å². The van der Waals surface area contributed by atoms with Crippen molar-refractivity contribution in [1.29, 1.82) is 0 Å². The van der Waals surface area contributed by atoms with Crippen LogP contribution in [-0.4, -0.2) is 30.3 Å². The zero-order valence-corrected chi connectivity index (χ0v) is 14.5. The number of amides is 1. The van der Waals surface area contributed by atoms with E-state index in [2.05, 4.69) is 5.32 Å². The van der Waals surface area contributed by atoms with Crippen molar-refractivity contribution in [3.63, 3.8) is 0 Å². The first-order valence-electron chi connectivity index (χ1n) is 8.01. The number of hydrogen-bond donors (Lipinski definition) is 1. The van der Waals surface area contributed by atoms with E-state index in [4.69, 9.17) is 9.15 Å². The lowest BCUT2D eigenvalue weighted by Gasteiger charge is -2.13. The van der Waals surface area contributed by atoms with Gasteiger partial charge in [0, 0.05) is 12.1 Å². The number of carbonyl (C=O) groups excluding carboxylic acids is 3. The molecule has 0 aliphatic rings. The van der Waals surface area contributed by atoms with E-state index >= 15 is 0 Å². The molecular weight excluding hydrogens is 322 g/mol. The number of Topliss-reactive ketones (excluding diaryl/α,β-unsaturated/α-hetero) is 1. The average molecular weight is 343 g/mol. The van der Waals surface area contributed by atoms with Gasteiger partial charge in [-0.15, -0.1) is 0 Å². The molecule has 0 saturated heterocycles. The van der Waals surface area contributed by atoms with E-state index in [0.717, 1.165) is 11.1 Å². The van der Waals surface area contributed by atoms with Gasteiger partial charge in [0.15, 0.2) is 11.9 Å². The Labute approximate surface area is 146 Å². The van der Waals surface area contributed by atoms with Crippen LogP contribution in [0.2, 0.25) is 0 Å². The number of ketones is 1. The summed E-state index contributed by atoms with van der Waals surface area (Å²) < 4.78 is 10.1. The zero-order valence-electron chi connectivity index (χ0n) is 14.5. The number of hydrogen-bond acceptors (Lipinski definition) is 5. The minimum atomic E-state index is -0.879. The SMILES string of the molecule is Cc1ccc(C(=O)C(C)OC(=O)CCNC(=O)c2ccco2)cc1C. The summed E-state index contributed by atoms with van der Waals surface area (Å²) in [7, 11) is 0. The molecule has 2 aromatic rings. The van der Waals surface area contributed by atoms with Crippen LogP contribution in [0.5, 0.6) is 0 Å². The van der Waals surface area contributed by atoms with Crippen molar-refractivity contribution >= 4 is 17.7 Å². The van der Waals surface area contributed by atoms with Gasteiger partial charge in [-0.2, -0.15) is 0 Å². The van der Waals surface area contributed by atoms with Crippen LogP contribution in [0.3, 0.4) is 0 Å². The molecule has 1 aromatic heterocycles. The molecule has 1 heterocycles. The van der Waals surface area contributed by atoms with Crippen molar-refractivity contribution in [1.82, 2.24) is 5.32 Å². The van der Waals surface area contributed by atoms with Gasteiger partial charge in [-0.3, -0.25) is 14.4 Å². The maximum absolute atomic E-state index is 12.3. The highest BCUT2D eigenvalue weighted by Gasteiger charge is 2.20. The summed E-state index contributed by atoms with van der Waals surface area (Å²) in [6.45, 7) is 5.52. The Balaban J connectivity index is 1.80. The standard InChI is InChI=1S/C19H21NO5/c1-12-6-7-15(11-13(12)2)18(22)14(3)25-17(21)8-9-20-19(23)16-5-4-10-24-16/h4-7,10-11,14H,8-9H2,1-3H3,(H,20,23). The lowest BCUT2D eigenvalue weighted by Crippen LogP contribution is -2.29. The quantitative estimate of drug-likeness (QED) is 0.617. The fraction of sp³-hybridized carbons (Fsp3) is 0.316. The third-order valence-corrected chi connectivity index (χ3v) is 3.83. The Kier molecular flexibility index (Phi) is 6.11. The molecule has 0 spiro atoms. The van der Waals surface area contributed by atoms with Crippen LogP contribution in [0, 0.1) is 13.8 Å². The maximum atomic E-state index is 12.3. The van der Waals surface area contributed by atoms with Crippen molar-refractivity contribution < 1.29 is 23.5 Å². The highest BCUT2D eigenvalue weighted by Crippen LogP contribution is 2.13. The van der Waals surface area contributed by atoms with Crippen LogP contribution in [0.4, 0.5) is 0 Å². The van der Waals surface area contributed by atoms with E-state index in [1.807, 2.05) is 19.9 Å². The van der Waals surface area contributed by atoms with Crippen LogP contribution in [-0.2, 0) is 9.53 Å². The zero-order chi connectivity index (χ0) is 18.4. The van der Waals surface area contributed by atoms with Crippen molar-refractivity contribution in [3.05, 3.63) is 59.0 Å². The number of aryl methyl sites for hydroxylation is 2. The molecule has 25 heavy (non-hydrogen) atoms. The first-order chi connectivity index (χ1) is 11.9. The smallest absolute Gasteiger partial charge is 0.308 e. The molecule has 0 aliphatic carbocycles. The maximum Gasteiger partial charge on any atom is 0.308 e. The summed E-state index contributed by atoms with van der Waals surface area (Å²) in [4.78, 5) is 35.8. The van der Waals surface area contributed by atoms with Gasteiger partial charge in [0.1, 0.15) is 0 Å². The minimum Gasteiger partial charge on any atom is -0.459 e. The fourth-order valence-electron chi connectivity index (χ4n) is 2.21. The molecule has 0 fully saturated rings. The third kappa shape index (κ3) is 5.04. The normalized spacial score (nSPS) is 11.6. The van der Waals surface area contributed by atoms with Gasteiger partial charge in [0.25, 0.3) is 5.91 Å². The predicted octanol–water partition coefficient (Wildman–Crippen LogP) is 2.83. The molecule has 1 aromatic carbocycles. The predicted molar refractivity (Wildman–Crippen MR) is 91.5 cm³/mol. The lowest BCUT2D eigenvalue weighted by molar-refractivity contribution is -0.146. The van der Waals surface area contributed by atoms with Crippen molar-refractivity contribution in [2.45, 2.75) is 33.3 Å². The highest BCUT2D eigenvalue weighted by atomic mass is 16.5. The highest BCUT2D eigenvalue weighted by molar-refractivity contribution is 6.00. The van der Waals surface area contributed by atoms with E-state index in [9.17, 15) is 14.4 Å². The lowest BCUT2D eigenvalue weighted by atomic mass is 10.0. The van der Waals surface area contributed by atoms with Crippen molar-refractivity contribution in [3.8, 4) is 0 Å². The molecule has 1 N–H and O–H groups in total. The van der Waals surface area contributed by atoms with Crippen LogP contribution in [0.15, 0.2) is 41.0 Å². The summed E-state index contributed by atoms with van der Waals surface area (Å²) in [5.41, 5.74) is 2.60. The average Bonchev–Trinajstić information content (AvgIpc) is 3.11. The Morgan fingerprint density at radius 3 is 2.56 bits per heavy atom. The summed E-state index contributed by atoms with van der Waals surface area (Å²) in [5.74, 6) is -1.04. The molecular formula is C19H21NO5. The van der Waals surface area contributed by atoms with Crippen molar-refractivity contribution in [2.75, 3.05) is 6.54 Å². The van der Waals surface area contributed by atoms with Crippen molar-refractivity contribution in [2.24, 2.45) is 0 Å².